The van der Waals surface area contributed by atoms with Gasteiger partial charge in [-0.3, -0.25) is 4.99 Å². The average molecular weight is 315 g/mol. The van der Waals surface area contributed by atoms with Gasteiger partial charge in [0, 0.05) is 26.3 Å². The largest absolute Gasteiger partial charge is 0.494 e. The maximum Gasteiger partial charge on any atom is 0.494 e. The van der Waals surface area contributed by atoms with Gasteiger partial charge in [-0.25, -0.2) is 4.99 Å². The van der Waals surface area contributed by atoms with E-state index in [-0.39, 0.29) is 19.7 Å². The van der Waals surface area contributed by atoms with E-state index in [1.807, 2.05) is 30.5 Å². The maximum absolute atomic E-state index is 6.23. The molecule has 3 rings (SSSR count). The lowest BCUT2D eigenvalue weighted by Crippen LogP contribution is -2.44. The van der Waals surface area contributed by atoms with Crippen molar-refractivity contribution in [1.82, 2.24) is 0 Å². The van der Waals surface area contributed by atoms with E-state index in [0.717, 1.165) is 30.5 Å². The van der Waals surface area contributed by atoms with Crippen LogP contribution in [0.4, 0.5) is 5.69 Å². The van der Waals surface area contributed by atoms with Crippen LogP contribution in [-0.2, 0) is 9.31 Å². The monoisotopic (exact) mass is 315 g/mol. The molecule has 2 heterocycles. The Balaban J connectivity index is 0.00000208. The lowest BCUT2D eigenvalue weighted by Gasteiger charge is -2.35. The van der Waals surface area contributed by atoms with Crippen LogP contribution in [0.3, 0.4) is 0 Å². The number of nitrogens with one attached hydrogen (secondary N) is 1. The van der Waals surface area contributed by atoms with Crippen LogP contribution in [0.5, 0.6) is 0 Å². The minimum Gasteiger partial charge on any atom is -0.399 e. The summed E-state index contributed by atoms with van der Waals surface area (Å²) in [5.41, 5.74) is 1.32. The van der Waals surface area contributed by atoms with E-state index in [1.165, 1.54) is 0 Å². The molecule has 124 valence electrons. The lowest BCUT2D eigenvalue weighted by molar-refractivity contribution is -0.0118. The molecule has 1 saturated heterocycles. The van der Waals surface area contributed by atoms with Crippen LogP contribution >= 0.6 is 0 Å². The molecule has 0 amide bonds. The molecule has 1 aromatic carbocycles. The van der Waals surface area contributed by atoms with Crippen molar-refractivity contribution in [2.75, 3.05) is 11.9 Å². The summed E-state index contributed by atoms with van der Waals surface area (Å²) in [5, 5.41) is 3.24. The van der Waals surface area contributed by atoms with Gasteiger partial charge in [-0.1, -0.05) is 19.1 Å². The van der Waals surface area contributed by atoms with Crippen LogP contribution in [0.25, 0.3) is 0 Å². The molecule has 2 aliphatic rings. The van der Waals surface area contributed by atoms with Crippen LogP contribution < -0.4 is 10.8 Å². The SMILES string of the molecule is CCC1(C)OB(c2cccc(NC3=NCCC=N3)c2)OC1(C)C.[HH]. The topological polar surface area (TPSA) is 55.2 Å². The first-order valence-corrected chi connectivity index (χ1v) is 8.23. The van der Waals surface area contributed by atoms with Crippen molar-refractivity contribution in [2.24, 2.45) is 9.98 Å². The Morgan fingerprint density at radius 3 is 2.78 bits per heavy atom. The minimum absolute atomic E-state index is 0. The van der Waals surface area contributed by atoms with Gasteiger partial charge in [0.2, 0.25) is 5.96 Å². The molecule has 1 aromatic rings. The molecule has 0 bridgehead atoms. The quantitative estimate of drug-likeness (QED) is 0.873. The summed E-state index contributed by atoms with van der Waals surface area (Å²) in [7, 11) is -0.353. The second kappa shape index (κ2) is 6.09. The molecule has 6 heteroatoms. The third-order valence-corrected chi connectivity index (χ3v) is 4.87. The molecule has 1 N–H and O–H groups in total. The maximum atomic E-state index is 6.23. The van der Waals surface area contributed by atoms with Gasteiger partial charge >= 0.3 is 7.12 Å². The van der Waals surface area contributed by atoms with Crippen molar-refractivity contribution in [1.29, 1.82) is 0 Å². The number of hydrogen-bond acceptors (Lipinski definition) is 5. The summed E-state index contributed by atoms with van der Waals surface area (Å²) < 4.78 is 12.4. The zero-order chi connectivity index (χ0) is 16.5. The van der Waals surface area contributed by atoms with Crippen molar-refractivity contribution < 1.29 is 10.7 Å². The van der Waals surface area contributed by atoms with Crippen molar-refractivity contribution >= 4 is 30.4 Å². The van der Waals surface area contributed by atoms with Crippen LogP contribution in [-0.4, -0.2) is 37.0 Å². The highest BCUT2D eigenvalue weighted by molar-refractivity contribution is 6.62. The molecule has 2 aliphatic heterocycles. The second-order valence-electron chi connectivity index (χ2n) is 6.72. The normalized spacial score (nSPS) is 26.3. The number of anilines is 1. The van der Waals surface area contributed by atoms with Crippen molar-refractivity contribution in [3.05, 3.63) is 24.3 Å². The first kappa shape index (κ1) is 16.2. The molecule has 0 aliphatic carbocycles. The van der Waals surface area contributed by atoms with Gasteiger partial charge in [0.25, 0.3) is 0 Å². The molecule has 1 unspecified atom stereocenters. The summed E-state index contributed by atoms with van der Waals surface area (Å²) in [4.78, 5) is 8.62. The third kappa shape index (κ3) is 3.19. The van der Waals surface area contributed by atoms with Gasteiger partial charge in [0.15, 0.2) is 0 Å². The summed E-state index contributed by atoms with van der Waals surface area (Å²) in [6, 6.07) is 8.05. The van der Waals surface area contributed by atoms with E-state index < -0.39 is 0 Å². The second-order valence-corrected chi connectivity index (χ2v) is 6.72. The molecule has 0 saturated carbocycles. The Kier molecular flexibility index (Phi) is 4.30. The fraction of sp³-hybridized carbons (Fsp3) is 0.529. The number of guanidine groups is 1. The number of rotatable bonds is 3. The fourth-order valence-corrected chi connectivity index (χ4v) is 2.82. The van der Waals surface area contributed by atoms with Crippen LogP contribution in [0.1, 0.15) is 42.0 Å². The first-order chi connectivity index (χ1) is 10.9. The molecule has 0 spiro atoms. The van der Waals surface area contributed by atoms with Crippen LogP contribution in [0.2, 0.25) is 0 Å². The predicted octanol–water partition coefficient (Wildman–Crippen LogP) is 2.86. The van der Waals surface area contributed by atoms with Gasteiger partial charge in [-0.05, 0) is 44.8 Å². The van der Waals surface area contributed by atoms with E-state index in [2.05, 4.69) is 43.0 Å². The molecule has 1 atom stereocenters. The Morgan fingerprint density at radius 2 is 2.13 bits per heavy atom. The van der Waals surface area contributed by atoms with Gasteiger partial charge in [0.05, 0.1) is 11.2 Å². The van der Waals surface area contributed by atoms with Crippen molar-refractivity contribution in [3.63, 3.8) is 0 Å². The molecule has 0 radical (unpaired) electrons. The summed E-state index contributed by atoms with van der Waals surface area (Å²) in [5.74, 6) is 0.653. The molecular weight excluding hydrogens is 289 g/mol. The molecule has 23 heavy (non-hydrogen) atoms. The van der Waals surface area contributed by atoms with E-state index in [9.17, 15) is 0 Å². The van der Waals surface area contributed by atoms with E-state index >= 15 is 0 Å². The highest BCUT2D eigenvalue weighted by atomic mass is 16.7. The zero-order valence-corrected chi connectivity index (χ0v) is 14.3. The highest BCUT2D eigenvalue weighted by Crippen LogP contribution is 2.39. The Bertz CT molecular complexity index is 650. The highest BCUT2D eigenvalue weighted by Gasteiger charge is 2.53. The van der Waals surface area contributed by atoms with Gasteiger partial charge < -0.3 is 14.6 Å². The number of aliphatic imine (C=N–C) groups is 2. The van der Waals surface area contributed by atoms with E-state index in [1.54, 1.807) is 0 Å². The summed E-state index contributed by atoms with van der Waals surface area (Å²) >= 11 is 0. The standard InChI is InChI=1S/C17H24BN3O2.H2/c1-5-17(4)16(2,3)22-18(23-17)13-8-6-9-14(12-13)21-15-19-10-7-11-20-15;/h6,8-10,12H,5,7,11H2,1-4H3,(H,20,21);1H. The smallest absolute Gasteiger partial charge is 0.399 e. The Morgan fingerprint density at radius 1 is 1.30 bits per heavy atom. The Hall–Kier alpha value is -1.66. The fourth-order valence-electron chi connectivity index (χ4n) is 2.82. The molecule has 5 nitrogen and oxygen atoms in total. The van der Waals surface area contributed by atoms with Crippen molar-refractivity contribution in [3.8, 4) is 0 Å². The summed E-state index contributed by atoms with van der Waals surface area (Å²) in [6.07, 6.45) is 3.69. The van der Waals surface area contributed by atoms with Crippen molar-refractivity contribution in [2.45, 2.75) is 51.7 Å². The van der Waals surface area contributed by atoms with Gasteiger partial charge in [0.1, 0.15) is 0 Å². The van der Waals surface area contributed by atoms with Gasteiger partial charge in [-0.15, -0.1) is 0 Å². The molecule has 1 fully saturated rings. The van der Waals surface area contributed by atoms with Crippen LogP contribution in [0, 0.1) is 0 Å². The van der Waals surface area contributed by atoms with E-state index in [0.29, 0.717) is 5.96 Å². The third-order valence-electron chi connectivity index (χ3n) is 4.87. The molecular formula is C17H26BN3O2. The molecule has 0 aromatic heterocycles. The van der Waals surface area contributed by atoms with E-state index in [4.69, 9.17) is 9.31 Å². The average Bonchev–Trinajstić information content (AvgIpc) is 2.79. The minimum atomic E-state index is -0.353. The predicted molar refractivity (Wildman–Crippen MR) is 97.9 cm³/mol. The number of hydrogen-bond donors (Lipinski definition) is 1. The summed E-state index contributed by atoms with van der Waals surface area (Å²) in [6.45, 7) is 9.20. The first-order valence-electron chi connectivity index (χ1n) is 8.23. The number of benzene rings is 1. The zero-order valence-electron chi connectivity index (χ0n) is 14.3. The van der Waals surface area contributed by atoms with Crippen LogP contribution in [0.15, 0.2) is 34.3 Å². The Labute approximate surface area is 139 Å². The number of nitrogens with zero attached hydrogens (tertiary/aromatic N) is 2. The lowest BCUT2D eigenvalue weighted by atomic mass is 9.79. The van der Waals surface area contributed by atoms with Gasteiger partial charge in [-0.2, -0.15) is 0 Å².